The molecule has 3 nitrogen and oxygen atoms in total. The average Bonchev–Trinajstić information content (AvgIpc) is 2.89. The zero-order valence-corrected chi connectivity index (χ0v) is 12.8. The molecule has 0 fully saturated rings. The Morgan fingerprint density at radius 3 is 2.84 bits per heavy atom. The van der Waals surface area contributed by atoms with Crippen molar-refractivity contribution in [2.75, 3.05) is 6.54 Å². The predicted octanol–water partition coefficient (Wildman–Crippen LogP) is 3.22. The van der Waals surface area contributed by atoms with Gasteiger partial charge in [-0.05, 0) is 37.5 Å². The molecule has 19 heavy (non-hydrogen) atoms. The number of guanidine groups is 1. The van der Waals surface area contributed by atoms with Gasteiger partial charge in [0.05, 0.1) is 6.54 Å². The summed E-state index contributed by atoms with van der Waals surface area (Å²) in [7, 11) is 0. The Balaban J connectivity index is 1.95. The molecule has 0 saturated carbocycles. The first-order valence-corrected chi connectivity index (χ1v) is 7.51. The number of halogens is 1. The lowest BCUT2D eigenvalue weighted by Gasteiger charge is -2.16. The van der Waals surface area contributed by atoms with Crippen LogP contribution in [0.3, 0.4) is 0 Å². The Hall–Kier alpha value is -1.29. The molecule has 0 unspecified atom stereocenters. The topological polar surface area (TPSA) is 36.4 Å². The summed E-state index contributed by atoms with van der Waals surface area (Å²) in [4.78, 5) is 4.63. The van der Waals surface area contributed by atoms with Crippen molar-refractivity contribution in [2.24, 2.45) is 4.99 Å². The first-order chi connectivity index (χ1) is 9.28. The van der Waals surface area contributed by atoms with E-state index in [0.717, 1.165) is 29.8 Å². The van der Waals surface area contributed by atoms with E-state index in [1.807, 2.05) is 12.1 Å². The lowest BCUT2D eigenvalue weighted by molar-refractivity contribution is 0.633. The third-order valence-corrected chi connectivity index (χ3v) is 3.49. The summed E-state index contributed by atoms with van der Waals surface area (Å²) in [6.07, 6.45) is 6.60. The molecule has 2 N–H and O–H groups in total. The monoisotopic (exact) mass is 321 g/mol. The van der Waals surface area contributed by atoms with E-state index in [1.54, 1.807) is 0 Å². The van der Waals surface area contributed by atoms with Crippen molar-refractivity contribution < 1.29 is 0 Å². The van der Waals surface area contributed by atoms with E-state index in [2.05, 4.69) is 62.8 Å². The van der Waals surface area contributed by atoms with Crippen molar-refractivity contribution in [1.29, 1.82) is 0 Å². The molecule has 1 aliphatic rings. The second kappa shape index (κ2) is 7.34. The fourth-order valence-corrected chi connectivity index (χ4v) is 2.50. The Morgan fingerprint density at radius 2 is 2.16 bits per heavy atom. The molecule has 1 aromatic carbocycles. The highest BCUT2D eigenvalue weighted by Gasteiger charge is 2.11. The number of rotatable bonds is 4. The molecule has 0 spiro atoms. The smallest absolute Gasteiger partial charge is 0.191 e. The Kier molecular flexibility index (Phi) is 5.45. The number of benzene rings is 1. The van der Waals surface area contributed by atoms with Gasteiger partial charge in [-0.1, -0.05) is 40.2 Å². The molecule has 0 aromatic heterocycles. The highest BCUT2D eigenvalue weighted by Crippen LogP contribution is 2.12. The molecule has 1 aliphatic carbocycles. The van der Waals surface area contributed by atoms with Crippen LogP contribution in [0.15, 0.2) is 45.9 Å². The van der Waals surface area contributed by atoms with Gasteiger partial charge in [-0.2, -0.15) is 0 Å². The summed E-state index contributed by atoms with van der Waals surface area (Å²) in [5.74, 6) is 0.899. The minimum absolute atomic E-state index is 0.486. The fraction of sp³-hybridized carbons (Fsp3) is 0.400. The average molecular weight is 322 g/mol. The second-order valence-corrected chi connectivity index (χ2v) is 5.52. The van der Waals surface area contributed by atoms with Crippen molar-refractivity contribution in [3.8, 4) is 0 Å². The lowest BCUT2D eigenvalue weighted by atomic mass is 10.2. The minimum Gasteiger partial charge on any atom is -0.357 e. The molecule has 2 rings (SSSR count). The largest absolute Gasteiger partial charge is 0.357 e. The normalized spacial score (nSPS) is 15.8. The molecular weight excluding hydrogens is 302 g/mol. The molecule has 0 atom stereocenters. The molecule has 1 aromatic rings. The summed E-state index contributed by atoms with van der Waals surface area (Å²) >= 11 is 3.48. The van der Waals surface area contributed by atoms with Gasteiger partial charge in [-0.15, -0.1) is 0 Å². The van der Waals surface area contributed by atoms with Crippen LogP contribution < -0.4 is 10.6 Å². The maximum Gasteiger partial charge on any atom is 0.191 e. The van der Waals surface area contributed by atoms with Crippen LogP contribution in [0.1, 0.15) is 25.3 Å². The van der Waals surface area contributed by atoms with Crippen molar-refractivity contribution in [3.63, 3.8) is 0 Å². The van der Waals surface area contributed by atoms with E-state index >= 15 is 0 Å². The van der Waals surface area contributed by atoms with Gasteiger partial charge in [-0.3, -0.25) is 0 Å². The number of nitrogens with zero attached hydrogens (tertiary/aromatic N) is 1. The maximum atomic E-state index is 4.63. The zero-order chi connectivity index (χ0) is 13.5. The number of nitrogens with one attached hydrogen (secondary N) is 2. The zero-order valence-electron chi connectivity index (χ0n) is 11.2. The van der Waals surface area contributed by atoms with Gasteiger partial charge in [0.25, 0.3) is 0 Å². The van der Waals surface area contributed by atoms with Crippen molar-refractivity contribution in [1.82, 2.24) is 10.6 Å². The van der Waals surface area contributed by atoms with Gasteiger partial charge < -0.3 is 10.6 Å². The van der Waals surface area contributed by atoms with Gasteiger partial charge in [0.2, 0.25) is 0 Å². The van der Waals surface area contributed by atoms with Gasteiger partial charge in [-0.25, -0.2) is 4.99 Å². The van der Waals surface area contributed by atoms with E-state index in [-0.39, 0.29) is 0 Å². The van der Waals surface area contributed by atoms with Gasteiger partial charge in [0, 0.05) is 17.1 Å². The predicted molar refractivity (Wildman–Crippen MR) is 84.3 cm³/mol. The Bertz CT molecular complexity index is 460. The van der Waals surface area contributed by atoms with Crippen LogP contribution >= 0.6 is 15.9 Å². The van der Waals surface area contributed by atoms with E-state index in [0.29, 0.717) is 12.6 Å². The highest BCUT2D eigenvalue weighted by atomic mass is 79.9. The molecule has 0 bridgehead atoms. The van der Waals surface area contributed by atoms with Gasteiger partial charge >= 0.3 is 0 Å². The van der Waals surface area contributed by atoms with Gasteiger partial charge in [0.15, 0.2) is 5.96 Å². The highest BCUT2D eigenvalue weighted by molar-refractivity contribution is 9.10. The standard InChI is InChI=1S/C15H20BrN3/c1-2-17-15(19-14-8-3-4-9-14)18-11-12-6-5-7-13(16)10-12/h3-7,10,14H,2,8-9,11H2,1H3,(H2,17,18,19). The molecule has 4 heteroatoms. The molecule has 0 saturated heterocycles. The number of aliphatic imine (C=N–C) groups is 1. The van der Waals surface area contributed by atoms with Gasteiger partial charge in [0.1, 0.15) is 0 Å². The molecule has 0 amide bonds. The first kappa shape index (κ1) is 14.1. The number of hydrogen-bond acceptors (Lipinski definition) is 1. The third kappa shape index (κ3) is 4.71. The molecule has 0 radical (unpaired) electrons. The molecule has 0 aliphatic heterocycles. The van der Waals surface area contributed by atoms with Crippen LogP contribution in [-0.4, -0.2) is 18.5 Å². The Morgan fingerprint density at radius 1 is 1.37 bits per heavy atom. The van der Waals surface area contributed by atoms with Crippen LogP contribution in [0.25, 0.3) is 0 Å². The van der Waals surface area contributed by atoms with E-state index in [4.69, 9.17) is 0 Å². The summed E-state index contributed by atoms with van der Waals surface area (Å²) in [5.41, 5.74) is 1.20. The minimum atomic E-state index is 0.486. The van der Waals surface area contributed by atoms with Crippen LogP contribution in [-0.2, 0) is 6.54 Å². The van der Waals surface area contributed by atoms with Crippen molar-refractivity contribution in [3.05, 3.63) is 46.5 Å². The molecular formula is C15H20BrN3. The summed E-state index contributed by atoms with van der Waals surface area (Å²) in [5, 5.41) is 6.76. The second-order valence-electron chi connectivity index (χ2n) is 4.61. The lowest BCUT2D eigenvalue weighted by Crippen LogP contribution is -2.42. The summed E-state index contributed by atoms with van der Waals surface area (Å²) in [6.45, 7) is 3.66. The quantitative estimate of drug-likeness (QED) is 0.507. The fourth-order valence-electron chi connectivity index (χ4n) is 2.05. The van der Waals surface area contributed by atoms with Crippen molar-refractivity contribution in [2.45, 2.75) is 32.4 Å². The molecule has 102 valence electrons. The van der Waals surface area contributed by atoms with Crippen LogP contribution in [0, 0.1) is 0 Å². The third-order valence-electron chi connectivity index (χ3n) is 3.00. The van der Waals surface area contributed by atoms with Crippen LogP contribution in [0.5, 0.6) is 0 Å². The maximum absolute atomic E-state index is 4.63. The van der Waals surface area contributed by atoms with E-state index < -0.39 is 0 Å². The number of hydrogen-bond donors (Lipinski definition) is 2. The summed E-state index contributed by atoms with van der Waals surface area (Å²) < 4.78 is 1.10. The van der Waals surface area contributed by atoms with E-state index in [1.165, 1.54) is 5.56 Å². The van der Waals surface area contributed by atoms with Crippen LogP contribution in [0.2, 0.25) is 0 Å². The SMILES string of the molecule is CCNC(=NCc1cccc(Br)c1)NC1CC=CC1. The Labute approximate surface area is 123 Å². The van der Waals surface area contributed by atoms with Crippen LogP contribution in [0.4, 0.5) is 0 Å². The first-order valence-electron chi connectivity index (χ1n) is 6.72. The molecule has 0 heterocycles. The van der Waals surface area contributed by atoms with E-state index in [9.17, 15) is 0 Å². The summed E-state index contributed by atoms with van der Waals surface area (Å²) in [6, 6.07) is 8.75. The van der Waals surface area contributed by atoms with Crippen molar-refractivity contribution >= 4 is 21.9 Å².